The van der Waals surface area contributed by atoms with Crippen molar-refractivity contribution in [1.29, 1.82) is 0 Å². The molecule has 0 saturated heterocycles. The van der Waals surface area contributed by atoms with Gasteiger partial charge in [0.1, 0.15) is 0 Å². The Morgan fingerprint density at radius 3 is 1.82 bits per heavy atom. The van der Waals surface area contributed by atoms with Crippen LogP contribution in [-0.2, 0) is 0 Å². The zero-order chi connectivity index (χ0) is 13.5. The Kier molecular flexibility index (Phi) is 8.16. The van der Waals surface area contributed by atoms with E-state index in [2.05, 4.69) is 48.5 Å². The Bertz CT molecular complexity index is 175. The second-order valence-corrected chi connectivity index (χ2v) is 7.11. The molecule has 0 aliphatic carbocycles. The summed E-state index contributed by atoms with van der Waals surface area (Å²) in [5.74, 6) is 2.74. The maximum Gasteiger partial charge on any atom is -0.0354 e. The minimum atomic E-state index is 0.477. The topological polar surface area (TPSA) is 0 Å². The second kappa shape index (κ2) is 8.16. The molecule has 0 saturated carbocycles. The molecule has 3 atom stereocenters. The lowest BCUT2D eigenvalue weighted by Gasteiger charge is -2.35. The van der Waals surface area contributed by atoms with Crippen molar-refractivity contribution in [2.75, 3.05) is 0 Å². The minimum Gasteiger partial charge on any atom is -0.0654 e. The molecule has 0 aromatic carbocycles. The second-order valence-electron chi connectivity index (χ2n) is 7.11. The van der Waals surface area contributed by atoms with Gasteiger partial charge in [0, 0.05) is 0 Å². The standard InChI is InChI=1S/C17H36/c1-8-11-15(10-3)13-16(17(5,6)7)12-14(4)9-2/h14-16H,8-13H2,1-7H3/t14-,15?,16?/m1/s1. The third-order valence-electron chi connectivity index (χ3n) is 4.50. The van der Waals surface area contributed by atoms with E-state index in [1.54, 1.807) is 0 Å². The Labute approximate surface area is 111 Å². The smallest absolute Gasteiger partial charge is 0.0354 e. The fourth-order valence-corrected chi connectivity index (χ4v) is 2.75. The minimum absolute atomic E-state index is 0.477. The SMILES string of the molecule is CCCC(CC)CC(C[C@H](C)CC)C(C)(C)C. The zero-order valence-corrected chi connectivity index (χ0v) is 13.5. The summed E-state index contributed by atoms with van der Waals surface area (Å²) in [5, 5.41) is 0. The van der Waals surface area contributed by atoms with Gasteiger partial charge >= 0.3 is 0 Å². The molecule has 0 rings (SSSR count). The van der Waals surface area contributed by atoms with E-state index in [-0.39, 0.29) is 0 Å². The first kappa shape index (κ1) is 17.0. The normalized spacial score (nSPS) is 17.8. The van der Waals surface area contributed by atoms with Crippen LogP contribution in [0.5, 0.6) is 0 Å². The van der Waals surface area contributed by atoms with Crippen LogP contribution in [0.1, 0.15) is 87.0 Å². The van der Waals surface area contributed by atoms with Crippen LogP contribution >= 0.6 is 0 Å². The monoisotopic (exact) mass is 240 g/mol. The molecule has 104 valence electrons. The van der Waals surface area contributed by atoms with E-state index < -0.39 is 0 Å². The molecule has 0 spiro atoms. The lowest BCUT2D eigenvalue weighted by molar-refractivity contribution is 0.155. The summed E-state index contributed by atoms with van der Waals surface area (Å²) < 4.78 is 0. The van der Waals surface area contributed by atoms with Crippen molar-refractivity contribution >= 4 is 0 Å². The first-order valence-electron chi connectivity index (χ1n) is 7.85. The van der Waals surface area contributed by atoms with Gasteiger partial charge < -0.3 is 0 Å². The van der Waals surface area contributed by atoms with Crippen molar-refractivity contribution in [3.05, 3.63) is 0 Å². The van der Waals surface area contributed by atoms with E-state index in [4.69, 9.17) is 0 Å². The van der Waals surface area contributed by atoms with Gasteiger partial charge in [0.05, 0.1) is 0 Å². The van der Waals surface area contributed by atoms with Gasteiger partial charge in [-0.1, -0.05) is 74.1 Å². The van der Waals surface area contributed by atoms with Crippen LogP contribution in [-0.4, -0.2) is 0 Å². The Morgan fingerprint density at radius 2 is 1.47 bits per heavy atom. The van der Waals surface area contributed by atoms with Crippen molar-refractivity contribution in [3.8, 4) is 0 Å². The summed E-state index contributed by atoms with van der Waals surface area (Å²) in [6.45, 7) is 16.7. The first-order valence-corrected chi connectivity index (χ1v) is 7.85. The highest BCUT2D eigenvalue weighted by atomic mass is 14.3. The average Bonchev–Trinajstić information content (AvgIpc) is 2.25. The van der Waals surface area contributed by atoms with E-state index >= 15 is 0 Å². The maximum absolute atomic E-state index is 2.43. The quantitative estimate of drug-likeness (QED) is 0.467. The highest BCUT2D eigenvalue weighted by Gasteiger charge is 2.27. The van der Waals surface area contributed by atoms with E-state index in [9.17, 15) is 0 Å². The highest BCUT2D eigenvalue weighted by molar-refractivity contribution is 4.78. The lowest BCUT2D eigenvalue weighted by atomic mass is 9.70. The van der Waals surface area contributed by atoms with Gasteiger partial charge in [-0.25, -0.2) is 0 Å². The number of rotatable bonds is 8. The fourth-order valence-electron chi connectivity index (χ4n) is 2.75. The first-order chi connectivity index (χ1) is 7.85. The van der Waals surface area contributed by atoms with Crippen LogP contribution in [0.3, 0.4) is 0 Å². The molecule has 0 fully saturated rings. The largest absolute Gasteiger partial charge is 0.0654 e. The van der Waals surface area contributed by atoms with Crippen molar-refractivity contribution in [2.45, 2.75) is 87.0 Å². The summed E-state index contributed by atoms with van der Waals surface area (Å²) in [7, 11) is 0. The molecule has 0 aromatic rings. The van der Waals surface area contributed by atoms with Crippen LogP contribution in [0.4, 0.5) is 0 Å². The summed E-state index contributed by atoms with van der Waals surface area (Å²) in [4.78, 5) is 0. The molecule has 17 heavy (non-hydrogen) atoms. The molecular formula is C17H36. The summed E-state index contributed by atoms with van der Waals surface area (Å²) in [5.41, 5.74) is 0.477. The molecule has 0 heterocycles. The molecule has 0 aromatic heterocycles. The summed E-state index contributed by atoms with van der Waals surface area (Å²) >= 11 is 0. The fraction of sp³-hybridized carbons (Fsp3) is 1.00. The van der Waals surface area contributed by atoms with Crippen LogP contribution in [0.15, 0.2) is 0 Å². The van der Waals surface area contributed by atoms with Gasteiger partial charge in [0.15, 0.2) is 0 Å². The molecule has 0 N–H and O–H groups in total. The molecule has 0 bridgehead atoms. The molecule has 0 aliphatic heterocycles. The van der Waals surface area contributed by atoms with E-state index in [0.717, 1.165) is 17.8 Å². The van der Waals surface area contributed by atoms with E-state index in [1.807, 2.05) is 0 Å². The van der Waals surface area contributed by atoms with Gasteiger partial charge in [-0.05, 0) is 36.0 Å². The van der Waals surface area contributed by atoms with Gasteiger partial charge in [-0.15, -0.1) is 0 Å². The van der Waals surface area contributed by atoms with E-state index in [0.29, 0.717) is 5.41 Å². The van der Waals surface area contributed by atoms with Gasteiger partial charge in [-0.2, -0.15) is 0 Å². The van der Waals surface area contributed by atoms with Crippen LogP contribution in [0.2, 0.25) is 0 Å². The van der Waals surface area contributed by atoms with E-state index in [1.165, 1.54) is 38.5 Å². The predicted molar refractivity (Wildman–Crippen MR) is 80.3 cm³/mol. The van der Waals surface area contributed by atoms with Gasteiger partial charge in [-0.3, -0.25) is 0 Å². The van der Waals surface area contributed by atoms with Crippen molar-refractivity contribution in [3.63, 3.8) is 0 Å². The van der Waals surface area contributed by atoms with Crippen LogP contribution in [0.25, 0.3) is 0 Å². The molecular weight excluding hydrogens is 204 g/mol. The maximum atomic E-state index is 2.43. The van der Waals surface area contributed by atoms with Crippen molar-refractivity contribution in [1.82, 2.24) is 0 Å². The van der Waals surface area contributed by atoms with Crippen LogP contribution < -0.4 is 0 Å². The number of hydrogen-bond acceptors (Lipinski definition) is 0. The zero-order valence-electron chi connectivity index (χ0n) is 13.5. The molecule has 0 amide bonds. The lowest BCUT2D eigenvalue weighted by Crippen LogP contribution is -2.25. The number of hydrogen-bond donors (Lipinski definition) is 0. The molecule has 2 unspecified atom stereocenters. The molecule has 0 nitrogen and oxygen atoms in total. The Morgan fingerprint density at radius 1 is 0.882 bits per heavy atom. The Hall–Kier alpha value is 0. The predicted octanol–water partition coefficient (Wildman–Crippen LogP) is 6.30. The highest BCUT2D eigenvalue weighted by Crippen LogP contribution is 2.38. The summed E-state index contributed by atoms with van der Waals surface area (Å²) in [6, 6.07) is 0. The molecule has 0 radical (unpaired) electrons. The van der Waals surface area contributed by atoms with Gasteiger partial charge in [0.2, 0.25) is 0 Å². The average molecular weight is 240 g/mol. The molecule has 0 heteroatoms. The van der Waals surface area contributed by atoms with Crippen LogP contribution in [0, 0.1) is 23.2 Å². The summed E-state index contributed by atoms with van der Waals surface area (Å²) in [6.07, 6.45) is 8.32. The van der Waals surface area contributed by atoms with Gasteiger partial charge in [0.25, 0.3) is 0 Å². The van der Waals surface area contributed by atoms with Crippen molar-refractivity contribution in [2.24, 2.45) is 23.2 Å². The third kappa shape index (κ3) is 7.11. The third-order valence-corrected chi connectivity index (χ3v) is 4.50. The molecule has 0 aliphatic rings. The Balaban J connectivity index is 4.47. The van der Waals surface area contributed by atoms with Crippen molar-refractivity contribution < 1.29 is 0 Å².